The average molecular weight is 384 g/mol. The largest absolute Gasteiger partial charge is 0.497 e. The molecule has 7 heteroatoms. The molecule has 0 radical (unpaired) electrons. The minimum absolute atomic E-state index is 0.246. The average Bonchev–Trinajstić information content (AvgIpc) is 3.29. The summed E-state index contributed by atoms with van der Waals surface area (Å²) >= 11 is 0. The zero-order valence-corrected chi connectivity index (χ0v) is 16.7. The monoisotopic (exact) mass is 384 g/mol. The Morgan fingerprint density at radius 1 is 1.18 bits per heavy atom. The van der Waals surface area contributed by atoms with Gasteiger partial charge in [-0.1, -0.05) is 5.16 Å². The van der Waals surface area contributed by atoms with Crippen LogP contribution in [0.2, 0.25) is 0 Å². The normalized spacial score (nSPS) is 11.9. The maximum absolute atomic E-state index is 12.6. The lowest BCUT2D eigenvalue weighted by molar-refractivity contribution is 0.0910. The molecule has 2 heterocycles. The van der Waals surface area contributed by atoms with E-state index in [2.05, 4.69) is 10.5 Å². The summed E-state index contributed by atoms with van der Waals surface area (Å²) in [5, 5.41) is 6.87. The highest BCUT2D eigenvalue weighted by Crippen LogP contribution is 2.29. The Morgan fingerprint density at radius 3 is 2.61 bits per heavy atom. The molecule has 1 unspecified atom stereocenters. The molecule has 0 spiro atoms. The first-order chi connectivity index (χ1) is 13.4. The molecule has 28 heavy (non-hydrogen) atoms. The van der Waals surface area contributed by atoms with Gasteiger partial charge in [-0.25, -0.2) is 0 Å². The van der Waals surface area contributed by atoms with Gasteiger partial charge in [0, 0.05) is 17.5 Å². The van der Waals surface area contributed by atoms with Crippen molar-refractivity contribution < 1.29 is 23.2 Å². The first-order valence-corrected chi connectivity index (χ1v) is 8.96. The molecule has 1 amide bonds. The maximum atomic E-state index is 12.6. The van der Waals surface area contributed by atoms with Gasteiger partial charge >= 0.3 is 0 Å². The molecule has 1 aromatic carbocycles. The van der Waals surface area contributed by atoms with E-state index >= 15 is 0 Å². The van der Waals surface area contributed by atoms with E-state index in [-0.39, 0.29) is 17.7 Å². The molecule has 2 aromatic heterocycles. The Bertz CT molecular complexity index is 954. The van der Waals surface area contributed by atoms with Gasteiger partial charge in [-0.3, -0.25) is 4.79 Å². The van der Waals surface area contributed by atoms with Gasteiger partial charge in [-0.2, -0.15) is 0 Å². The number of carbonyl (C=O) groups excluding carboxylic acids is 1. The second-order valence-corrected chi connectivity index (χ2v) is 6.55. The van der Waals surface area contributed by atoms with Crippen LogP contribution in [0.4, 0.5) is 0 Å². The van der Waals surface area contributed by atoms with Gasteiger partial charge in [0.05, 0.1) is 26.0 Å². The second kappa shape index (κ2) is 8.21. The fourth-order valence-corrected chi connectivity index (χ4v) is 3.05. The SMILES string of the molecule is COc1ccc(OC)c(C(C)NC(=O)c2ccc(Cc3c(C)noc3C)o2)c1. The van der Waals surface area contributed by atoms with Gasteiger partial charge in [-0.05, 0) is 51.1 Å². The van der Waals surface area contributed by atoms with Crippen LogP contribution in [0.15, 0.2) is 39.3 Å². The molecule has 148 valence electrons. The first kappa shape index (κ1) is 19.5. The summed E-state index contributed by atoms with van der Waals surface area (Å²) in [6.45, 7) is 5.61. The van der Waals surface area contributed by atoms with Crippen LogP contribution in [0.1, 0.15) is 51.9 Å². The van der Waals surface area contributed by atoms with Crippen molar-refractivity contribution in [1.82, 2.24) is 10.5 Å². The number of aromatic nitrogens is 1. The fraction of sp³-hybridized carbons (Fsp3) is 0.333. The second-order valence-electron chi connectivity index (χ2n) is 6.55. The number of methoxy groups -OCH3 is 2. The number of benzene rings is 1. The minimum atomic E-state index is -0.303. The van der Waals surface area contributed by atoms with E-state index < -0.39 is 0 Å². The highest BCUT2D eigenvalue weighted by atomic mass is 16.5. The Labute approximate surface area is 163 Å². The number of nitrogens with zero attached hydrogens (tertiary/aromatic N) is 1. The van der Waals surface area contributed by atoms with Crippen LogP contribution in [0.25, 0.3) is 0 Å². The lowest BCUT2D eigenvalue weighted by Gasteiger charge is -2.17. The van der Waals surface area contributed by atoms with Crippen molar-refractivity contribution in [2.24, 2.45) is 0 Å². The van der Waals surface area contributed by atoms with Crippen LogP contribution in [0.5, 0.6) is 11.5 Å². The summed E-state index contributed by atoms with van der Waals surface area (Å²) in [5.74, 6) is 2.73. The fourth-order valence-electron chi connectivity index (χ4n) is 3.05. The zero-order chi connectivity index (χ0) is 20.3. The summed E-state index contributed by atoms with van der Waals surface area (Å²) in [6, 6.07) is 8.62. The maximum Gasteiger partial charge on any atom is 0.287 e. The predicted molar refractivity (Wildman–Crippen MR) is 103 cm³/mol. The quantitative estimate of drug-likeness (QED) is 0.663. The number of nitrogens with one attached hydrogen (secondary N) is 1. The molecule has 3 rings (SSSR count). The summed E-state index contributed by atoms with van der Waals surface area (Å²) in [6.07, 6.45) is 0.522. The number of carbonyl (C=O) groups is 1. The highest BCUT2D eigenvalue weighted by molar-refractivity contribution is 5.91. The van der Waals surface area contributed by atoms with Crippen molar-refractivity contribution in [1.29, 1.82) is 0 Å². The number of rotatable bonds is 7. The van der Waals surface area contributed by atoms with Gasteiger partial charge < -0.3 is 23.7 Å². The number of hydrogen-bond acceptors (Lipinski definition) is 6. The van der Waals surface area contributed by atoms with Gasteiger partial charge in [0.1, 0.15) is 23.0 Å². The van der Waals surface area contributed by atoms with E-state index in [0.29, 0.717) is 23.7 Å². The van der Waals surface area contributed by atoms with Crippen LogP contribution in [0.3, 0.4) is 0 Å². The van der Waals surface area contributed by atoms with Crippen molar-refractivity contribution in [3.63, 3.8) is 0 Å². The lowest BCUT2D eigenvalue weighted by Crippen LogP contribution is -2.26. The van der Waals surface area contributed by atoms with Crippen molar-refractivity contribution in [2.45, 2.75) is 33.2 Å². The van der Waals surface area contributed by atoms with Crippen molar-refractivity contribution in [2.75, 3.05) is 14.2 Å². The number of hydrogen-bond donors (Lipinski definition) is 1. The number of aryl methyl sites for hydroxylation is 2. The van der Waals surface area contributed by atoms with Crippen LogP contribution < -0.4 is 14.8 Å². The van der Waals surface area contributed by atoms with E-state index in [4.69, 9.17) is 18.4 Å². The minimum Gasteiger partial charge on any atom is -0.497 e. The molecule has 0 aliphatic heterocycles. The molecule has 1 atom stereocenters. The molecule has 0 aliphatic rings. The van der Waals surface area contributed by atoms with Gasteiger partial charge in [-0.15, -0.1) is 0 Å². The smallest absolute Gasteiger partial charge is 0.287 e. The molecule has 0 fully saturated rings. The zero-order valence-electron chi connectivity index (χ0n) is 16.7. The van der Waals surface area contributed by atoms with E-state index in [0.717, 1.165) is 22.6 Å². The Balaban J connectivity index is 1.72. The molecule has 0 saturated heterocycles. The first-order valence-electron chi connectivity index (χ1n) is 8.96. The predicted octanol–water partition coefficient (Wildman–Crippen LogP) is 3.98. The third-order valence-electron chi connectivity index (χ3n) is 4.67. The van der Waals surface area contributed by atoms with E-state index in [9.17, 15) is 4.79 Å². The topological polar surface area (TPSA) is 86.7 Å². The lowest BCUT2D eigenvalue weighted by atomic mass is 10.1. The summed E-state index contributed by atoms with van der Waals surface area (Å²) in [7, 11) is 3.19. The Hall–Kier alpha value is -3.22. The summed E-state index contributed by atoms with van der Waals surface area (Å²) in [5.41, 5.74) is 2.60. The standard InChI is InChI=1S/C21H24N2O5/c1-12(18-10-15(25-4)6-8-19(18)26-5)22-21(24)20-9-7-16(27-20)11-17-13(2)23-28-14(17)3/h6-10,12H,11H2,1-5H3,(H,22,24). The van der Waals surface area contributed by atoms with Crippen molar-refractivity contribution in [3.05, 3.63) is 64.4 Å². The van der Waals surface area contributed by atoms with Gasteiger partial charge in [0.15, 0.2) is 5.76 Å². The van der Waals surface area contributed by atoms with Crippen LogP contribution in [-0.4, -0.2) is 25.3 Å². The molecule has 7 nitrogen and oxygen atoms in total. The third kappa shape index (κ3) is 4.03. The van der Waals surface area contributed by atoms with Gasteiger partial charge in [0.2, 0.25) is 0 Å². The number of amides is 1. The molecule has 1 N–H and O–H groups in total. The number of furan rings is 1. The Kier molecular flexibility index (Phi) is 5.73. The van der Waals surface area contributed by atoms with E-state index in [1.807, 2.05) is 39.0 Å². The van der Waals surface area contributed by atoms with E-state index in [1.54, 1.807) is 26.4 Å². The summed E-state index contributed by atoms with van der Waals surface area (Å²) < 4.78 is 21.6. The van der Waals surface area contributed by atoms with E-state index in [1.165, 1.54) is 0 Å². The molecule has 3 aromatic rings. The highest BCUT2D eigenvalue weighted by Gasteiger charge is 2.19. The van der Waals surface area contributed by atoms with Crippen LogP contribution in [-0.2, 0) is 6.42 Å². The van der Waals surface area contributed by atoms with Gasteiger partial charge in [0.25, 0.3) is 5.91 Å². The number of ether oxygens (including phenoxy) is 2. The van der Waals surface area contributed by atoms with Crippen LogP contribution >= 0.6 is 0 Å². The molecule has 0 aliphatic carbocycles. The summed E-state index contributed by atoms with van der Waals surface area (Å²) in [4.78, 5) is 12.6. The van der Waals surface area contributed by atoms with Crippen LogP contribution in [0, 0.1) is 13.8 Å². The Morgan fingerprint density at radius 2 is 1.96 bits per heavy atom. The van der Waals surface area contributed by atoms with Crippen molar-refractivity contribution >= 4 is 5.91 Å². The molecule has 0 saturated carbocycles. The molecular weight excluding hydrogens is 360 g/mol. The molecular formula is C21H24N2O5. The van der Waals surface area contributed by atoms with Crippen molar-refractivity contribution in [3.8, 4) is 11.5 Å². The third-order valence-corrected chi connectivity index (χ3v) is 4.67. The molecule has 0 bridgehead atoms.